The van der Waals surface area contributed by atoms with E-state index in [-0.39, 0.29) is 32.5 Å². The van der Waals surface area contributed by atoms with E-state index in [0.29, 0.717) is 24.2 Å². The first-order valence-electron chi connectivity index (χ1n) is 13.6. The molecule has 2 amide bonds. The van der Waals surface area contributed by atoms with Gasteiger partial charge in [-0.2, -0.15) is 5.26 Å². The smallest absolute Gasteiger partial charge is 0.251 e. The zero-order valence-electron chi connectivity index (χ0n) is 23.7. The van der Waals surface area contributed by atoms with Crippen LogP contribution in [0.2, 0.25) is 10.0 Å². The van der Waals surface area contributed by atoms with Gasteiger partial charge in [-0.3, -0.25) is 9.59 Å². The summed E-state index contributed by atoms with van der Waals surface area (Å²) >= 11 is 12.3. The van der Waals surface area contributed by atoms with Crippen molar-refractivity contribution >= 4 is 40.7 Å². The number of carbonyl (C=O) groups is 2. The number of nitrogens with zero attached hydrogens (tertiary/aromatic N) is 1. The fourth-order valence-electron chi connectivity index (χ4n) is 5.74. The molecule has 0 bridgehead atoms. The maximum Gasteiger partial charge on any atom is 0.251 e. The number of benzene rings is 3. The Labute approximate surface area is 254 Å². The number of amides is 2. The fraction of sp³-hybridized carbons (Fsp3) is 0.344. The minimum absolute atomic E-state index is 0.00196. The summed E-state index contributed by atoms with van der Waals surface area (Å²) in [5.74, 6) is -3.52. The molecular formula is C32H32Cl2F2N4O2. The van der Waals surface area contributed by atoms with E-state index in [1.165, 1.54) is 30.3 Å². The van der Waals surface area contributed by atoms with Crippen LogP contribution in [0.1, 0.15) is 61.5 Å². The Morgan fingerprint density at radius 1 is 1.07 bits per heavy atom. The lowest BCUT2D eigenvalue weighted by atomic mass is 9.62. The van der Waals surface area contributed by atoms with Gasteiger partial charge in [0.05, 0.1) is 17.1 Å². The molecule has 4 rings (SSSR count). The Morgan fingerprint density at radius 3 is 2.36 bits per heavy atom. The van der Waals surface area contributed by atoms with Crippen LogP contribution in [0.15, 0.2) is 60.7 Å². The molecule has 0 spiro atoms. The van der Waals surface area contributed by atoms with Gasteiger partial charge in [-0.05, 0) is 66.8 Å². The predicted molar refractivity (Wildman–Crippen MR) is 161 cm³/mol. The number of hydrogen-bond donors (Lipinski definition) is 3. The normalized spacial score (nSPS) is 21.9. The lowest BCUT2D eigenvalue weighted by molar-refractivity contribution is -0.118. The lowest BCUT2D eigenvalue weighted by Gasteiger charge is -2.37. The van der Waals surface area contributed by atoms with Crippen LogP contribution in [0.3, 0.4) is 0 Å². The molecule has 4 atom stereocenters. The van der Waals surface area contributed by atoms with E-state index in [2.05, 4.69) is 22.0 Å². The minimum atomic E-state index is -1.72. The monoisotopic (exact) mass is 612 g/mol. The Balaban J connectivity index is 1.87. The van der Waals surface area contributed by atoms with Gasteiger partial charge in [0.15, 0.2) is 0 Å². The third-order valence-electron chi connectivity index (χ3n) is 7.48. The van der Waals surface area contributed by atoms with E-state index in [1.54, 1.807) is 24.3 Å². The minimum Gasteiger partial charge on any atom is -0.352 e. The number of nitrogens with one attached hydrogen (secondary N) is 3. The summed E-state index contributed by atoms with van der Waals surface area (Å²) in [6, 6.07) is 15.1. The van der Waals surface area contributed by atoms with Gasteiger partial charge >= 0.3 is 0 Å². The molecule has 3 N–H and O–H groups in total. The van der Waals surface area contributed by atoms with E-state index in [9.17, 15) is 14.9 Å². The summed E-state index contributed by atoms with van der Waals surface area (Å²) in [5, 5.41) is 19.7. The van der Waals surface area contributed by atoms with Crippen LogP contribution in [-0.4, -0.2) is 30.4 Å². The van der Waals surface area contributed by atoms with Gasteiger partial charge in [0, 0.05) is 40.3 Å². The number of anilines is 1. The summed E-state index contributed by atoms with van der Waals surface area (Å²) in [6.45, 7) is 8.18. The van der Waals surface area contributed by atoms with Gasteiger partial charge < -0.3 is 16.0 Å². The van der Waals surface area contributed by atoms with Crippen LogP contribution >= 0.6 is 23.2 Å². The topological polar surface area (TPSA) is 94.0 Å². The van der Waals surface area contributed by atoms with Crippen LogP contribution in [0.4, 0.5) is 14.5 Å². The molecule has 1 aliphatic rings. The first-order chi connectivity index (χ1) is 19.8. The Bertz CT molecular complexity index is 1530. The van der Waals surface area contributed by atoms with Gasteiger partial charge in [-0.1, -0.05) is 62.2 Å². The van der Waals surface area contributed by atoms with Crippen molar-refractivity contribution in [1.82, 2.24) is 10.6 Å². The molecule has 1 heterocycles. The molecule has 0 aliphatic carbocycles. The van der Waals surface area contributed by atoms with Gasteiger partial charge in [0.25, 0.3) is 5.91 Å². The molecule has 1 fully saturated rings. The van der Waals surface area contributed by atoms with Gasteiger partial charge in [0.1, 0.15) is 17.0 Å². The molecule has 0 aromatic heterocycles. The van der Waals surface area contributed by atoms with Crippen LogP contribution in [0.25, 0.3) is 0 Å². The van der Waals surface area contributed by atoms with Crippen LogP contribution in [0.5, 0.6) is 0 Å². The molecule has 1 aliphatic heterocycles. The Hall–Kier alpha value is -3.51. The van der Waals surface area contributed by atoms with Crippen molar-refractivity contribution in [3.05, 3.63) is 99.0 Å². The molecule has 10 heteroatoms. The Morgan fingerprint density at radius 2 is 1.76 bits per heavy atom. The quantitative estimate of drug-likeness (QED) is 0.268. The summed E-state index contributed by atoms with van der Waals surface area (Å²) in [6.07, 6.45) is 0.354. The highest BCUT2D eigenvalue weighted by atomic mass is 35.5. The summed E-state index contributed by atoms with van der Waals surface area (Å²) < 4.78 is 31.5. The SMILES string of the molecule is CCNC(=O)c1ccc(NC(=O)[C@@H]2N[C@@H](CC(C)(C)C)[C@](C#N)(c3ccc(Cl)cc3F)[C@H]2c2cccc(Cl)c2F)cc1. The highest BCUT2D eigenvalue weighted by Gasteiger charge is 2.61. The largest absolute Gasteiger partial charge is 0.352 e. The highest BCUT2D eigenvalue weighted by molar-refractivity contribution is 6.31. The summed E-state index contributed by atoms with van der Waals surface area (Å²) in [4.78, 5) is 26.1. The lowest BCUT2D eigenvalue weighted by Crippen LogP contribution is -2.45. The van der Waals surface area contributed by atoms with Crippen LogP contribution < -0.4 is 16.0 Å². The maximum atomic E-state index is 15.8. The van der Waals surface area contributed by atoms with Crippen molar-refractivity contribution in [1.29, 1.82) is 5.26 Å². The highest BCUT2D eigenvalue weighted by Crippen LogP contribution is 2.52. The van der Waals surface area contributed by atoms with Crippen LogP contribution in [-0.2, 0) is 10.2 Å². The second-order valence-corrected chi connectivity index (χ2v) is 12.5. The van der Waals surface area contributed by atoms with E-state index < -0.39 is 41.0 Å². The maximum absolute atomic E-state index is 15.8. The number of halogens is 4. The molecule has 6 nitrogen and oxygen atoms in total. The van der Waals surface area contributed by atoms with E-state index in [1.807, 2.05) is 27.7 Å². The van der Waals surface area contributed by atoms with Gasteiger partial charge in [-0.25, -0.2) is 8.78 Å². The number of carbonyl (C=O) groups excluding carboxylic acids is 2. The zero-order chi connectivity index (χ0) is 30.8. The van der Waals surface area contributed by atoms with E-state index in [0.717, 1.165) is 6.07 Å². The second-order valence-electron chi connectivity index (χ2n) is 11.6. The van der Waals surface area contributed by atoms with E-state index in [4.69, 9.17) is 23.2 Å². The molecule has 3 aromatic rings. The van der Waals surface area contributed by atoms with E-state index >= 15 is 8.78 Å². The van der Waals surface area contributed by atoms with Crippen molar-refractivity contribution in [3.63, 3.8) is 0 Å². The number of nitriles is 1. The Kier molecular flexibility index (Phi) is 9.27. The molecular weight excluding hydrogens is 581 g/mol. The third kappa shape index (κ3) is 6.14. The number of rotatable bonds is 7. The molecule has 42 heavy (non-hydrogen) atoms. The molecule has 220 valence electrons. The van der Waals surface area contributed by atoms with Crippen LogP contribution in [0, 0.1) is 28.4 Å². The second kappa shape index (κ2) is 12.4. The number of hydrogen-bond acceptors (Lipinski definition) is 4. The molecule has 3 aromatic carbocycles. The van der Waals surface area contributed by atoms with Crippen molar-refractivity contribution in [2.24, 2.45) is 5.41 Å². The summed E-state index contributed by atoms with van der Waals surface area (Å²) in [7, 11) is 0. The molecule has 0 saturated carbocycles. The summed E-state index contributed by atoms with van der Waals surface area (Å²) in [5.41, 5.74) is -1.27. The van der Waals surface area contributed by atoms with Crippen molar-refractivity contribution in [2.45, 2.75) is 57.5 Å². The third-order valence-corrected chi connectivity index (χ3v) is 8.01. The van der Waals surface area contributed by atoms with Crippen molar-refractivity contribution < 1.29 is 18.4 Å². The first-order valence-corrected chi connectivity index (χ1v) is 14.3. The average molecular weight is 614 g/mol. The molecule has 1 saturated heterocycles. The predicted octanol–water partition coefficient (Wildman–Crippen LogP) is 6.98. The van der Waals surface area contributed by atoms with Crippen molar-refractivity contribution in [2.75, 3.05) is 11.9 Å². The van der Waals surface area contributed by atoms with Crippen molar-refractivity contribution in [3.8, 4) is 6.07 Å². The first kappa shape index (κ1) is 31.4. The molecule has 0 radical (unpaired) electrons. The molecule has 0 unspecified atom stereocenters. The average Bonchev–Trinajstić information content (AvgIpc) is 3.23. The van der Waals surface area contributed by atoms with Gasteiger partial charge in [-0.15, -0.1) is 0 Å². The van der Waals surface area contributed by atoms with Gasteiger partial charge in [0.2, 0.25) is 5.91 Å². The fourth-order valence-corrected chi connectivity index (χ4v) is 6.09. The standard InChI is InChI=1S/C32H32Cl2F2N4O2/c1-5-38-29(41)18-9-12-20(13-10-18)39-30(42)28-26(21-7-6-8-23(34)27(21)36)32(17-37,25(40-28)16-31(2,3)4)22-14-11-19(33)15-24(22)35/h6-15,25-26,28,40H,5,16H2,1-4H3,(H,38,41)(H,39,42)/t25-,26-,28+,32-/m0/s1. The zero-order valence-corrected chi connectivity index (χ0v) is 25.2.